The molecule has 0 saturated heterocycles. The lowest BCUT2D eigenvalue weighted by atomic mass is 9.73. The van der Waals surface area contributed by atoms with Crippen LogP contribution in [0.5, 0.6) is 0 Å². The SMILES string of the molecule is CCCCCCCCCCCCCCCCC(C)(C)C(C)(Cl)CCC. The first-order valence-corrected chi connectivity index (χ1v) is 11.9. The average molecular weight is 373 g/mol. The molecule has 1 unspecified atom stereocenters. The fourth-order valence-electron chi connectivity index (χ4n) is 3.83. The molecule has 0 bridgehead atoms. The number of alkyl halides is 1. The van der Waals surface area contributed by atoms with Gasteiger partial charge in [0, 0.05) is 4.87 Å². The molecule has 152 valence electrons. The molecule has 0 aromatic heterocycles. The zero-order chi connectivity index (χ0) is 19.0. The van der Waals surface area contributed by atoms with Crippen molar-refractivity contribution in [3.63, 3.8) is 0 Å². The largest absolute Gasteiger partial charge is 0.119 e. The highest BCUT2D eigenvalue weighted by Gasteiger charge is 2.37. The summed E-state index contributed by atoms with van der Waals surface area (Å²) >= 11 is 6.79. The maximum atomic E-state index is 6.79. The lowest BCUT2D eigenvalue weighted by Gasteiger charge is -2.40. The molecule has 0 aliphatic rings. The van der Waals surface area contributed by atoms with Crippen LogP contribution in [0.25, 0.3) is 0 Å². The summed E-state index contributed by atoms with van der Waals surface area (Å²) in [6.07, 6.45) is 23.6. The van der Waals surface area contributed by atoms with Crippen LogP contribution in [-0.2, 0) is 0 Å². The Bertz CT molecular complexity index is 280. The molecule has 0 rings (SSSR count). The van der Waals surface area contributed by atoms with Crippen molar-refractivity contribution < 1.29 is 0 Å². The van der Waals surface area contributed by atoms with E-state index in [1.165, 1.54) is 103 Å². The number of hydrogen-bond acceptors (Lipinski definition) is 0. The van der Waals surface area contributed by atoms with Gasteiger partial charge in [-0.3, -0.25) is 0 Å². The summed E-state index contributed by atoms with van der Waals surface area (Å²) in [7, 11) is 0. The Balaban J connectivity index is 3.41. The summed E-state index contributed by atoms with van der Waals surface area (Å²) in [5, 5.41) is 0. The number of halogens is 1. The van der Waals surface area contributed by atoms with E-state index >= 15 is 0 Å². The summed E-state index contributed by atoms with van der Waals surface area (Å²) in [5.41, 5.74) is 0.252. The van der Waals surface area contributed by atoms with Gasteiger partial charge in [-0.05, 0) is 25.2 Å². The first-order chi connectivity index (χ1) is 11.9. The Morgan fingerprint density at radius 2 is 0.840 bits per heavy atom. The Hall–Kier alpha value is 0.290. The average Bonchev–Trinajstić information content (AvgIpc) is 2.55. The highest BCUT2D eigenvalue weighted by atomic mass is 35.5. The zero-order valence-electron chi connectivity index (χ0n) is 18.4. The first kappa shape index (κ1) is 25.3. The predicted octanol–water partition coefficient (Wildman–Crippen LogP) is 9.68. The molecule has 0 aliphatic carbocycles. The van der Waals surface area contributed by atoms with Gasteiger partial charge in [0.25, 0.3) is 0 Å². The smallest absolute Gasteiger partial charge is 0.0469 e. The van der Waals surface area contributed by atoms with Crippen LogP contribution in [0, 0.1) is 5.41 Å². The standard InChI is InChI=1S/C24H49Cl/c1-6-8-9-10-11-12-13-14-15-16-17-18-19-20-22-23(3,4)24(5,25)21-7-2/h6-22H2,1-5H3. The van der Waals surface area contributed by atoms with E-state index in [1.54, 1.807) is 0 Å². The molecule has 25 heavy (non-hydrogen) atoms. The summed E-state index contributed by atoms with van der Waals surface area (Å²) in [5.74, 6) is 0. The minimum Gasteiger partial charge on any atom is -0.119 e. The van der Waals surface area contributed by atoms with Crippen molar-refractivity contribution in [1.29, 1.82) is 0 Å². The van der Waals surface area contributed by atoms with Crippen LogP contribution in [0.1, 0.15) is 144 Å². The van der Waals surface area contributed by atoms with Crippen molar-refractivity contribution in [2.45, 2.75) is 149 Å². The van der Waals surface area contributed by atoms with Crippen molar-refractivity contribution >= 4 is 11.6 Å². The monoisotopic (exact) mass is 372 g/mol. The van der Waals surface area contributed by atoms with Gasteiger partial charge in [0.2, 0.25) is 0 Å². The van der Waals surface area contributed by atoms with Gasteiger partial charge in [-0.2, -0.15) is 0 Å². The molecule has 0 aromatic rings. The highest BCUT2D eigenvalue weighted by molar-refractivity contribution is 6.24. The summed E-state index contributed by atoms with van der Waals surface area (Å²) in [4.78, 5) is -0.0434. The quantitative estimate of drug-likeness (QED) is 0.166. The molecule has 0 N–H and O–H groups in total. The molecule has 1 atom stereocenters. The molecule has 0 radical (unpaired) electrons. The van der Waals surface area contributed by atoms with Crippen molar-refractivity contribution in [3.8, 4) is 0 Å². The van der Waals surface area contributed by atoms with Crippen LogP contribution >= 0.6 is 11.6 Å². The third-order valence-corrected chi connectivity index (χ3v) is 6.99. The van der Waals surface area contributed by atoms with Crippen LogP contribution < -0.4 is 0 Å². The molecule has 0 nitrogen and oxygen atoms in total. The van der Waals surface area contributed by atoms with E-state index < -0.39 is 0 Å². The summed E-state index contributed by atoms with van der Waals surface area (Å²) in [6.45, 7) is 11.5. The van der Waals surface area contributed by atoms with Crippen LogP contribution in [0.15, 0.2) is 0 Å². The minimum absolute atomic E-state index is 0.0434. The highest BCUT2D eigenvalue weighted by Crippen LogP contribution is 2.43. The Morgan fingerprint density at radius 1 is 0.480 bits per heavy atom. The Kier molecular flexibility index (Phi) is 15.5. The Morgan fingerprint density at radius 3 is 1.20 bits per heavy atom. The maximum absolute atomic E-state index is 6.79. The van der Waals surface area contributed by atoms with E-state index in [4.69, 9.17) is 11.6 Å². The molecule has 0 spiro atoms. The van der Waals surface area contributed by atoms with Gasteiger partial charge in [0.15, 0.2) is 0 Å². The van der Waals surface area contributed by atoms with Crippen LogP contribution in [0.2, 0.25) is 0 Å². The zero-order valence-corrected chi connectivity index (χ0v) is 19.2. The van der Waals surface area contributed by atoms with Gasteiger partial charge in [0.1, 0.15) is 0 Å². The summed E-state index contributed by atoms with van der Waals surface area (Å²) in [6, 6.07) is 0. The van der Waals surface area contributed by atoms with E-state index in [2.05, 4.69) is 34.6 Å². The second kappa shape index (κ2) is 15.4. The number of hydrogen-bond donors (Lipinski definition) is 0. The van der Waals surface area contributed by atoms with Crippen LogP contribution in [0.3, 0.4) is 0 Å². The maximum Gasteiger partial charge on any atom is 0.0469 e. The third kappa shape index (κ3) is 13.2. The second-order valence-corrected chi connectivity index (χ2v) is 10.0. The summed E-state index contributed by atoms with van der Waals surface area (Å²) < 4.78 is 0. The van der Waals surface area contributed by atoms with E-state index in [-0.39, 0.29) is 10.3 Å². The fraction of sp³-hybridized carbons (Fsp3) is 1.00. The molecule has 0 heterocycles. The van der Waals surface area contributed by atoms with Gasteiger partial charge < -0.3 is 0 Å². The Labute approximate surface area is 165 Å². The van der Waals surface area contributed by atoms with Gasteiger partial charge in [-0.1, -0.05) is 124 Å². The van der Waals surface area contributed by atoms with E-state index in [0.29, 0.717) is 0 Å². The number of unbranched alkanes of at least 4 members (excludes halogenated alkanes) is 13. The molecule has 0 saturated carbocycles. The number of rotatable bonds is 18. The topological polar surface area (TPSA) is 0 Å². The van der Waals surface area contributed by atoms with E-state index in [1.807, 2.05) is 0 Å². The molecule has 1 heteroatoms. The first-order valence-electron chi connectivity index (χ1n) is 11.6. The van der Waals surface area contributed by atoms with E-state index in [0.717, 1.165) is 6.42 Å². The van der Waals surface area contributed by atoms with Gasteiger partial charge in [-0.25, -0.2) is 0 Å². The molecular weight excluding hydrogens is 324 g/mol. The lowest BCUT2D eigenvalue weighted by Crippen LogP contribution is -2.36. The minimum atomic E-state index is -0.0434. The van der Waals surface area contributed by atoms with Gasteiger partial charge >= 0.3 is 0 Å². The van der Waals surface area contributed by atoms with Crippen molar-refractivity contribution in [2.24, 2.45) is 5.41 Å². The van der Waals surface area contributed by atoms with Crippen molar-refractivity contribution in [2.75, 3.05) is 0 Å². The second-order valence-electron chi connectivity index (χ2n) is 9.18. The molecule has 0 aliphatic heterocycles. The fourth-order valence-corrected chi connectivity index (χ4v) is 4.11. The van der Waals surface area contributed by atoms with Crippen LogP contribution in [0.4, 0.5) is 0 Å². The van der Waals surface area contributed by atoms with Gasteiger partial charge in [-0.15, -0.1) is 11.6 Å². The van der Waals surface area contributed by atoms with Gasteiger partial charge in [0.05, 0.1) is 0 Å². The normalized spacial score (nSPS) is 14.6. The molecule has 0 fully saturated rings. The van der Waals surface area contributed by atoms with Crippen molar-refractivity contribution in [1.82, 2.24) is 0 Å². The van der Waals surface area contributed by atoms with E-state index in [9.17, 15) is 0 Å². The molecule has 0 amide bonds. The molecule has 0 aromatic carbocycles. The third-order valence-electron chi connectivity index (χ3n) is 6.29. The lowest BCUT2D eigenvalue weighted by molar-refractivity contribution is 0.218. The molecular formula is C24H49Cl. The van der Waals surface area contributed by atoms with Crippen molar-refractivity contribution in [3.05, 3.63) is 0 Å². The predicted molar refractivity (Wildman–Crippen MR) is 118 cm³/mol. The van der Waals surface area contributed by atoms with Crippen LogP contribution in [-0.4, -0.2) is 4.87 Å².